The molecule has 1 aromatic heterocycles. The molecule has 0 unspecified atom stereocenters. The summed E-state index contributed by atoms with van der Waals surface area (Å²) in [4.78, 5) is 23.6. The van der Waals surface area contributed by atoms with Crippen molar-refractivity contribution < 1.29 is 37.3 Å². The second-order valence-electron chi connectivity index (χ2n) is 7.20. The number of ether oxygens (including phenoxy) is 2. The van der Waals surface area contributed by atoms with Gasteiger partial charge in [-0.25, -0.2) is 4.79 Å². The van der Waals surface area contributed by atoms with E-state index >= 15 is 0 Å². The van der Waals surface area contributed by atoms with E-state index in [-0.39, 0.29) is 11.3 Å². The number of halogens is 3. The largest absolute Gasteiger partial charge is 0.490 e. The van der Waals surface area contributed by atoms with Gasteiger partial charge in [-0.1, -0.05) is 0 Å². The number of hydrogen-bond acceptors (Lipinski definition) is 6. The van der Waals surface area contributed by atoms with Crippen molar-refractivity contribution in [1.29, 1.82) is 0 Å². The molecule has 2 N–H and O–H groups in total. The first-order chi connectivity index (χ1) is 13.7. The van der Waals surface area contributed by atoms with Gasteiger partial charge in [0.25, 0.3) is 0 Å². The number of carboxylic acid groups (broad SMARTS) is 1. The van der Waals surface area contributed by atoms with Crippen LogP contribution >= 0.6 is 11.3 Å². The number of fused-ring (bicyclic) bond motifs is 1. The average Bonchev–Trinajstić information content (AvgIpc) is 3.31. The molecule has 7 nitrogen and oxygen atoms in total. The van der Waals surface area contributed by atoms with Crippen LogP contribution in [0.4, 0.5) is 13.2 Å². The van der Waals surface area contributed by atoms with E-state index in [0.29, 0.717) is 32.1 Å². The summed E-state index contributed by atoms with van der Waals surface area (Å²) in [5, 5.41) is 14.4. The van der Waals surface area contributed by atoms with Crippen LogP contribution < -0.4 is 5.32 Å². The second kappa shape index (κ2) is 10.4. The van der Waals surface area contributed by atoms with E-state index in [9.17, 15) is 18.0 Å². The number of carbonyl (C=O) groups excluding carboxylic acids is 1. The van der Waals surface area contributed by atoms with Crippen LogP contribution in [0, 0.1) is 11.3 Å². The van der Waals surface area contributed by atoms with Crippen molar-refractivity contribution in [3.8, 4) is 0 Å². The van der Waals surface area contributed by atoms with Gasteiger partial charge >= 0.3 is 12.1 Å². The van der Waals surface area contributed by atoms with Crippen LogP contribution in [-0.2, 0) is 25.6 Å². The van der Waals surface area contributed by atoms with Gasteiger partial charge in [0.1, 0.15) is 0 Å². The molecule has 2 fully saturated rings. The Morgan fingerprint density at radius 1 is 1.48 bits per heavy atom. The van der Waals surface area contributed by atoms with Gasteiger partial charge in [0, 0.05) is 51.0 Å². The SMILES string of the molecule is COCCNC(=O)C[C@]12COC[C@H]1CN(Cc1ccsc1)C2.O=C(O)C(F)(F)F. The van der Waals surface area contributed by atoms with Gasteiger partial charge in [-0.3, -0.25) is 9.69 Å². The van der Waals surface area contributed by atoms with Crippen LogP contribution in [0.15, 0.2) is 16.8 Å². The van der Waals surface area contributed by atoms with Crippen molar-refractivity contribution >= 4 is 23.2 Å². The van der Waals surface area contributed by atoms with Gasteiger partial charge in [-0.05, 0) is 22.4 Å². The maximum absolute atomic E-state index is 12.2. The van der Waals surface area contributed by atoms with E-state index in [0.717, 1.165) is 26.2 Å². The highest BCUT2D eigenvalue weighted by molar-refractivity contribution is 7.07. The lowest BCUT2D eigenvalue weighted by Crippen LogP contribution is -2.38. The third kappa shape index (κ3) is 6.95. The summed E-state index contributed by atoms with van der Waals surface area (Å²) in [5.41, 5.74) is 1.36. The molecule has 3 rings (SSSR count). The summed E-state index contributed by atoms with van der Waals surface area (Å²) < 4.78 is 42.4. The zero-order valence-electron chi connectivity index (χ0n) is 16.0. The molecule has 3 heterocycles. The van der Waals surface area contributed by atoms with Crippen LogP contribution in [-0.4, -0.2) is 74.6 Å². The Kier molecular flexibility index (Phi) is 8.44. The Hall–Kier alpha value is -1.69. The first-order valence-corrected chi connectivity index (χ1v) is 9.97. The van der Waals surface area contributed by atoms with E-state index < -0.39 is 12.1 Å². The standard InChI is InChI=1S/C16H24N2O3S.C2HF3O2/c1-20-4-3-17-15(19)6-16-11-18(7-13-2-5-22-10-13)8-14(16)9-21-12-16;3-2(4,5)1(6)7/h2,5,10,14H,3-4,6-9,11-12H2,1H3,(H,17,19);(H,6,7)/t14-,16+;/m1./s1. The molecule has 0 radical (unpaired) electrons. The van der Waals surface area contributed by atoms with Crippen LogP contribution in [0.2, 0.25) is 0 Å². The molecule has 2 aliphatic rings. The maximum Gasteiger partial charge on any atom is 0.490 e. The van der Waals surface area contributed by atoms with E-state index in [1.165, 1.54) is 5.56 Å². The number of alkyl halides is 3. The van der Waals surface area contributed by atoms with Crippen molar-refractivity contribution in [3.05, 3.63) is 22.4 Å². The third-order valence-electron chi connectivity index (χ3n) is 4.96. The Balaban J connectivity index is 0.000000370. The average molecular weight is 438 g/mol. The highest BCUT2D eigenvalue weighted by atomic mass is 32.1. The van der Waals surface area contributed by atoms with E-state index in [4.69, 9.17) is 19.4 Å². The van der Waals surface area contributed by atoms with Crippen molar-refractivity contribution in [2.75, 3.05) is 46.6 Å². The fourth-order valence-corrected chi connectivity index (χ4v) is 4.29. The monoisotopic (exact) mass is 438 g/mol. The highest BCUT2D eigenvalue weighted by Gasteiger charge is 2.51. The summed E-state index contributed by atoms with van der Waals surface area (Å²) in [6.45, 7) is 5.58. The molecule has 0 bridgehead atoms. The molecule has 0 aliphatic carbocycles. The van der Waals surface area contributed by atoms with Crippen LogP contribution in [0.3, 0.4) is 0 Å². The predicted octanol–water partition coefficient (Wildman–Crippen LogP) is 1.98. The normalized spacial score (nSPS) is 23.9. The van der Waals surface area contributed by atoms with E-state index in [1.54, 1.807) is 18.4 Å². The number of hydrogen-bond donors (Lipinski definition) is 2. The summed E-state index contributed by atoms with van der Waals surface area (Å²) in [7, 11) is 1.64. The number of amides is 1. The molecule has 2 aliphatic heterocycles. The zero-order valence-corrected chi connectivity index (χ0v) is 16.9. The number of thiophene rings is 1. The molecule has 2 atom stereocenters. The number of likely N-dealkylation sites (tertiary alicyclic amines) is 1. The molecule has 0 aromatic carbocycles. The lowest BCUT2D eigenvalue weighted by Gasteiger charge is -2.26. The summed E-state index contributed by atoms with van der Waals surface area (Å²) in [5.74, 6) is -2.17. The van der Waals surface area contributed by atoms with Gasteiger partial charge in [-0.2, -0.15) is 24.5 Å². The fourth-order valence-electron chi connectivity index (χ4n) is 3.63. The molecule has 29 heavy (non-hydrogen) atoms. The number of nitrogens with zero attached hydrogens (tertiary/aromatic N) is 1. The summed E-state index contributed by atoms with van der Waals surface area (Å²) in [6.07, 6.45) is -4.53. The number of carboxylic acids is 1. The summed E-state index contributed by atoms with van der Waals surface area (Å²) in [6, 6.07) is 2.18. The molecule has 11 heteroatoms. The van der Waals surface area contributed by atoms with Crippen molar-refractivity contribution in [1.82, 2.24) is 10.2 Å². The quantitative estimate of drug-likeness (QED) is 0.633. The molecular weight excluding hydrogens is 413 g/mol. The van der Waals surface area contributed by atoms with Crippen LogP contribution in [0.25, 0.3) is 0 Å². The topological polar surface area (TPSA) is 88.1 Å². The van der Waals surface area contributed by atoms with Crippen molar-refractivity contribution in [2.45, 2.75) is 19.1 Å². The summed E-state index contributed by atoms with van der Waals surface area (Å²) >= 11 is 1.74. The van der Waals surface area contributed by atoms with Gasteiger partial charge in [0.2, 0.25) is 5.91 Å². The minimum Gasteiger partial charge on any atom is -0.475 e. The van der Waals surface area contributed by atoms with Crippen molar-refractivity contribution in [3.63, 3.8) is 0 Å². The first-order valence-electron chi connectivity index (χ1n) is 9.03. The second-order valence-corrected chi connectivity index (χ2v) is 7.98. The highest BCUT2D eigenvalue weighted by Crippen LogP contribution is 2.44. The molecule has 1 aromatic rings. The van der Waals surface area contributed by atoms with E-state index in [1.807, 2.05) is 0 Å². The van der Waals surface area contributed by atoms with Gasteiger partial charge in [-0.15, -0.1) is 0 Å². The Bertz CT molecular complexity index is 671. The molecule has 2 saturated heterocycles. The minimum atomic E-state index is -5.08. The smallest absolute Gasteiger partial charge is 0.475 e. The van der Waals surface area contributed by atoms with Gasteiger partial charge in [0.15, 0.2) is 0 Å². The molecule has 0 spiro atoms. The molecular formula is C18H25F3N2O5S. The number of aliphatic carboxylic acids is 1. The van der Waals surface area contributed by atoms with Gasteiger partial charge < -0.3 is 19.9 Å². The van der Waals surface area contributed by atoms with E-state index in [2.05, 4.69) is 27.0 Å². The zero-order chi connectivity index (χ0) is 21.5. The Labute approximate surface area is 170 Å². The minimum absolute atomic E-state index is 0.00677. The Morgan fingerprint density at radius 2 is 2.21 bits per heavy atom. The fraction of sp³-hybridized carbons (Fsp3) is 0.667. The Morgan fingerprint density at radius 3 is 2.79 bits per heavy atom. The predicted molar refractivity (Wildman–Crippen MR) is 99.5 cm³/mol. The molecule has 0 saturated carbocycles. The number of carbonyl (C=O) groups is 2. The number of rotatable bonds is 7. The van der Waals surface area contributed by atoms with Crippen LogP contribution in [0.5, 0.6) is 0 Å². The van der Waals surface area contributed by atoms with Gasteiger partial charge in [0.05, 0.1) is 19.8 Å². The van der Waals surface area contributed by atoms with Crippen LogP contribution in [0.1, 0.15) is 12.0 Å². The molecule has 164 valence electrons. The lowest BCUT2D eigenvalue weighted by atomic mass is 9.78. The first kappa shape index (κ1) is 23.6. The number of nitrogens with one attached hydrogen (secondary N) is 1. The third-order valence-corrected chi connectivity index (χ3v) is 5.69. The van der Waals surface area contributed by atoms with Crippen molar-refractivity contribution in [2.24, 2.45) is 11.3 Å². The number of methoxy groups -OCH3 is 1. The lowest BCUT2D eigenvalue weighted by molar-refractivity contribution is -0.192. The molecule has 1 amide bonds. The maximum atomic E-state index is 12.2.